The van der Waals surface area contributed by atoms with Crippen LogP contribution in [0.4, 0.5) is 0 Å². The smallest absolute Gasteiger partial charge is 0.194 e. The van der Waals surface area contributed by atoms with Crippen LogP contribution in [0.25, 0.3) is 10.1 Å². The number of rotatable bonds is 5. The molecule has 1 saturated heterocycles. The van der Waals surface area contributed by atoms with Gasteiger partial charge in [0.05, 0.1) is 7.11 Å². The van der Waals surface area contributed by atoms with Gasteiger partial charge >= 0.3 is 0 Å². The second kappa shape index (κ2) is 6.98. The maximum atomic E-state index is 13.0. The molecule has 4 rings (SSSR count). The Labute approximate surface area is 151 Å². The third-order valence-electron chi connectivity index (χ3n) is 4.87. The summed E-state index contributed by atoms with van der Waals surface area (Å²) >= 11 is 1.61. The Hall–Kier alpha value is -2.17. The molecule has 0 spiro atoms. The van der Waals surface area contributed by atoms with Crippen molar-refractivity contribution in [3.63, 3.8) is 0 Å². The lowest BCUT2D eigenvalue weighted by Crippen LogP contribution is -2.19. The van der Waals surface area contributed by atoms with Gasteiger partial charge in [-0.15, -0.1) is 11.3 Å². The molecule has 1 aliphatic heterocycles. The molecule has 2 aromatic carbocycles. The number of nitrogens with zero attached hydrogens (tertiary/aromatic N) is 1. The molecular formula is C21H21NO2S. The van der Waals surface area contributed by atoms with Crippen molar-refractivity contribution in [2.45, 2.75) is 19.4 Å². The van der Waals surface area contributed by atoms with E-state index in [9.17, 15) is 4.79 Å². The summed E-state index contributed by atoms with van der Waals surface area (Å²) < 4.78 is 6.72. The van der Waals surface area contributed by atoms with Gasteiger partial charge in [0, 0.05) is 38.7 Å². The zero-order chi connectivity index (χ0) is 17.2. The number of thiophene rings is 1. The van der Waals surface area contributed by atoms with Gasteiger partial charge in [-0.05, 0) is 38.1 Å². The Morgan fingerprint density at radius 2 is 1.96 bits per heavy atom. The summed E-state index contributed by atoms with van der Waals surface area (Å²) in [6.45, 7) is 3.18. The zero-order valence-corrected chi connectivity index (χ0v) is 15.1. The van der Waals surface area contributed by atoms with E-state index >= 15 is 0 Å². The zero-order valence-electron chi connectivity index (χ0n) is 14.3. The van der Waals surface area contributed by atoms with Crippen LogP contribution < -0.4 is 4.74 Å². The summed E-state index contributed by atoms with van der Waals surface area (Å²) in [4.78, 5) is 15.4. The minimum Gasteiger partial charge on any atom is -0.496 e. The Kier molecular flexibility index (Phi) is 4.55. The molecule has 0 saturated carbocycles. The van der Waals surface area contributed by atoms with Crippen LogP contribution in [0.1, 0.15) is 34.3 Å². The first kappa shape index (κ1) is 16.3. The van der Waals surface area contributed by atoms with Crippen LogP contribution in [-0.4, -0.2) is 30.9 Å². The van der Waals surface area contributed by atoms with E-state index in [4.69, 9.17) is 4.74 Å². The maximum Gasteiger partial charge on any atom is 0.194 e. The van der Waals surface area contributed by atoms with Crippen LogP contribution in [0.2, 0.25) is 0 Å². The van der Waals surface area contributed by atoms with Gasteiger partial charge in [0.2, 0.25) is 0 Å². The molecule has 128 valence electrons. The molecule has 2 heterocycles. The number of carbonyl (C=O) groups is 1. The molecule has 1 fully saturated rings. The third kappa shape index (κ3) is 3.20. The van der Waals surface area contributed by atoms with Crippen LogP contribution in [0, 0.1) is 0 Å². The molecular weight excluding hydrogens is 330 g/mol. The number of hydrogen-bond acceptors (Lipinski definition) is 4. The average molecular weight is 351 g/mol. The van der Waals surface area contributed by atoms with Crippen LogP contribution in [-0.2, 0) is 6.54 Å². The summed E-state index contributed by atoms with van der Waals surface area (Å²) in [5.41, 5.74) is 2.61. The molecule has 0 N–H and O–H groups in total. The number of hydrogen-bond donors (Lipinski definition) is 0. The summed E-state index contributed by atoms with van der Waals surface area (Å²) in [6, 6.07) is 13.9. The van der Waals surface area contributed by atoms with Crippen LogP contribution in [0.5, 0.6) is 5.75 Å². The highest BCUT2D eigenvalue weighted by Crippen LogP contribution is 2.30. The van der Waals surface area contributed by atoms with Crippen LogP contribution >= 0.6 is 11.3 Å². The van der Waals surface area contributed by atoms with Crippen molar-refractivity contribution in [2.75, 3.05) is 20.2 Å². The van der Waals surface area contributed by atoms with Crippen molar-refractivity contribution in [1.29, 1.82) is 0 Å². The number of ketones is 1. The Morgan fingerprint density at radius 1 is 1.16 bits per heavy atom. The van der Waals surface area contributed by atoms with Crippen molar-refractivity contribution in [3.05, 3.63) is 64.5 Å². The normalized spacial score (nSPS) is 14.9. The van der Waals surface area contributed by atoms with Gasteiger partial charge in [-0.25, -0.2) is 0 Å². The van der Waals surface area contributed by atoms with E-state index < -0.39 is 0 Å². The molecule has 1 aromatic heterocycles. The number of fused-ring (bicyclic) bond motifs is 1. The van der Waals surface area contributed by atoms with Crippen LogP contribution in [0.3, 0.4) is 0 Å². The summed E-state index contributed by atoms with van der Waals surface area (Å²) in [7, 11) is 1.68. The van der Waals surface area contributed by atoms with Gasteiger partial charge in [0.15, 0.2) is 5.78 Å². The predicted molar refractivity (Wildman–Crippen MR) is 103 cm³/mol. The molecule has 0 atom stereocenters. The highest BCUT2D eigenvalue weighted by atomic mass is 32.1. The van der Waals surface area contributed by atoms with E-state index in [2.05, 4.69) is 11.0 Å². The fourth-order valence-electron chi connectivity index (χ4n) is 3.51. The van der Waals surface area contributed by atoms with Gasteiger partial charge in [-0.2, -0.15) is 0 Å². The van der Waals surface area contributed by atoms with E-state index in [0.717, 1.165) is 46.6 Å². The average Bonchev–Trinajstić information content (AvgIpc) is 3.31. The molecule has 3 aromatic rings. The third-order valence-corrected chi connectivity index (χ3v) is 5.83. The monoisotopic (exact) mass is 351 g/mol. The lowest BCUT2D eigenvalue weighted by Gasteiger charge is -2.17. The largest absolute Gasteiger partial charge is 0.496 e. The van der Waals surface area contributed by atoms with E-state index in [1.54, 1.807) is 18.4 Å². The molecule has 25 heavy (non-hydrogen) atoms. The highest BCUT2D eigenvalue weighted by Gasteiger charge is 2.18. The molecule has 0 amide bonds. The minimum absolute atomic E-state index is 0.0588. The van der Waals surface area contributed by atoms with Gasteiger partial charge < -0.3 is 4.74 Å². The standard InChI is InChI=1S/C21H21NO2S/c1-24-19-12-15(8-9-16(19)13-22-10-4-5-11-22)21(23)18-14-25-20-7-3-2-6-17(18)20/h2-3,6-9,12,14H,4-5,10-11,13H2,1H3. The first-order valence-corrected chi connectivity index (χ1v) is 9.54. The first-order valence-electron chi connectivity index (χ1n) is 8.66. The summed E-state index contributed by atoms with van der Waals surface area (Å²) in [6.07, 6.45) is 2.54. The molecule has 0 aliphatic carbocycles. The minimum atomic E-state index is 0.0588. The molecule has 0 bridgehead atoms. The van der Waals surface area contributed by atoms with Crippen molar-refractivity contribution in [1.82, 2.24) is 4.90 Å². The predicted octanol–water partition coefficient (Wildman–Crippen LogP) is 4.74. The van der Waals surface area contributed by atoms with Gasteiger partial charge in [0.25, 0.3) is 0 Å². The molecule has 3 nitrogen and oxygen atoms in total. The first-order chi connectivity index (χ1) is 12.3. The fourth-order valence-corrected chi connectivity index (χ4v) is 4.45. The Morgan fingerprint density at radius 3 is 2.76 bits per heavy atom. The van der Waals surface area contributed by atoms with Crippen molar-refractivity contribution in [3.8, 4) is 5.75 Å². The number of likely N-dealkylation sites (tertiary alicyclic amines) is 1. The quantitative estimate of drug-likeness (QED) is 0.622. The number of methoxy groups -OCH3 is 1. The maximum absolute atomic E-state index is 13.0. The van der Waals surface area contributed by atoms with Gasteiger partial charge in [-0.3, -0.25) is 9.69 Å². The van der Waals surface area contributed by atoms with E-state index in [0.29, 0.717) is 5.56 Å². The molecule has 1 aliphatic rings. The second-order valence-electron chi connectivity index (χ2n) is 6.48. The lowest BCUT2D eigenvalue weighted by molar-refractivity contribution is 0.104. The van der Waals surface area contributed by atoms with E-state index in [-0.39, 0.29) is 5.78 Å². The topological polar surface area (TPSA) is 29.5 Å². The molecule has 0 unspecified atom stereocenters. The fraction of sp³-hybridized carbons (Fsp3) is 0.286. The van der Waals surface area contributed by atoms with Crippen molar-refractivity contribution < 1.29 is 9.53 Å². The number of carbonyl (C=O) groups excluding carboxylic acids is 1. The van der Waals surface area contributed by atoms with E-state index in [1.165, 1.54) is 12.8 Å². The SMILES string of the molecule is COc1cc(C(=O)c2csc3ccccc23)ccc1CN1CCCC1. The number of ether oxygens (including phenoxy) is 1. The lowest BCUT2D eigenvalue weighted by atomic mass is 10.0. The highest BCUT2D eigenvalue weighted by molar-refractivity contribution is 7.17. The second-order valence-corrected chi connectivity index (χ2v) is 7.40. The summed E-state index contributed by atoms with van der Waals surface area (Å²) in [5, 5.41) is 2.98. The van der Waals surface area contributed by atoms with E-state index in [1.807, 2.05) is 41.8 Å². The van der Waals surface area contributed by atoms with Crippen molar-refractivity contribution in [2.24, 2.45) is 0 Å². The van der Waals surface area contributed by atoms with Crippen LogP contribution in [0.15, 0.2) is 47.8 Å². The number of benzene rings is 2. The molecule has 0 radical (unpaired) electrons. The van der Waals surface area contributed by atoms with Gasteiger partial charge in [0.1, 0.15) is 5.75 Å². The Bertz CT molecular complexity index is 909. The summed E-state index contributed by atoms with van der Waals surface area (Å²) in [5.74, 6) is 0.862. The molecule has 4 heteroatoms. The van der Waals surface area contributed by atoms with Gasteiger partial charge in [-0.1, -0.05) is 30.3 Å². The Balaban J connectivity index is 1.64. The van der Waals surface area contributed by atoms with Crippen molar-refractivity contribution >= 4 is 27.2 Å².